The van der Waals surface area contributed by atoms with Crippen molar-refractivity contribution in [1.29, 1.82) is 0 Å². The van der Waals surface area contributed by atoms with Crippen LogP contribution >= 0.6 is 0 Å². The quantitative estimate of drug-likeness (QED) is 0.756. The monoisotopic (exact) mass is 298 g/mol. The molecule has 1 heterocycles. The summed E-state index contributed by atoms with van der Waals surface area (Å²) in [6.45, 7) is 18.0. The third kappa shape index (κ3) is 24.8. The van der Waals surface area contributed by atoms with Crippen molar-refractivity contribution < 1.29 is 0 Å². The Balaban J connectivity index is -0.000000272. The predicted octanol–water partition coefficient (Wildman–Crippen LogP) is 4.79. The zero-order chi connectivity index (χ0) is 17.1. The van der Waals surface area contributed by atoms with Gasteiger partial charge in [-0.1, -0.05) is 60.8 Å². The van der Waals surface area contributed by atoms with E-state index in [9.17, 15) is 0 Å². The average Bonchev–Trinajstić information content (AvgIpc) is 2.46. The van der Waals surface area contributed by atoms with Crippen molar-refractivity contribution in [3.63, 3.8) is 0 Å². The minimum atomic E-state index is 0.750. The van der Waals surface area contributed by atoms with Gasteiger partial charge in [-0.15, -0.1) is 12.8 Å². The van der Waals surface area contributed by atoms with Crippen LogP contribution in [0.15, 0.2) is 0 Å². The van der Waals surface area contributed by atoms with Gasteiger partial charge in [0.2, 0.25) is 0 Å². The molecule has 1 aliphatic heterocycles. The van der Waals surface area contributed by atoms with E-state index in [-0.39, 0.29) is 0 Å². The number of nitrogens with zero attached hydrogens (tertiary/aromatic N) is 1. The van der Waals surface area contributed by atoms with E-state index in [1.807, 2.05) is 6.92 Å². The number of rotatable bonds is 4. The van der Waals surface area contributed by atoms with Crippen molar-refractivity contribution in [3.8, 4) is 12.8 Å². The van der Waals surface area contributed by atoms with E-state index in [1.54, 1.807) is 0 Å². The van der Waals surface area contributed by atoms with Crippen LogP contribution in [0.4, 0.5) is 0 Å². The van der Waals surface area contributed by atoms with E-state index in [4.69, 9.17) is 5.73 Å². The molecular weight excluding hydrogens is 256 g/mol. The second-order valence-corrected chi connectivity index (χ2v) is 6.14. The topological polar surface area (TPSA) is 29.3 Å². The van der Waals surface area contributed by atoms with Crippen LogP contribution in [0.3, 0.4) is 0 Å². The molecule has 0 spiro atoms. The van der Waals surface area contributed by atoms with E-state index >= 15 is 0 Å². The fourth-order valence-electron chi connectivity index (χ4n) is 2.11. The lowest BCUT2D eigenvalue weighted by Crippen LogP contribution is -2.35. The van der Waals surface area contributed by atoms with Gasteiger partial charge in [-0.25, -0.2) is 0 Å². The number of likely N-dealkylation sites (tertiary alicyclic amines) is 1. The van der Waals surface area contributed by atoms with Crippen LogP contribution in [0.5, 0.6) is 0 Å². The maximum absolute atomic E-state index is 4.85. The Labute approximate surface area is 135 Å². The summed E-state index contributed by atoms with van der Waals surface area (Å²) in [7, 11) is 0. The predicted molar refractivity (Wildman–Crippen MR) is 99.5 cm³/mol. The van der Waals surface area contributed by atoms with Crippen LogP contribution in [0, 0.1) is 24.7 Å². The summed E-state index contributed by atoms with van der Waals surface area (Å²) in [5, 5.41) is 0. The molecule has 0 atom stereocenters. The molecule has 0 aliphatic carbocycles. The van der Waals surface area contributed by atoms with E-state index in [2.05, 4.69) is 52.4 Å². The van der Waals surface area contributed by atoms with Crippen molar-refractivity contribution in [1.82, 2.24) is 4.90 Å². The van der Waals surface area contributed by atoms with E-state index in [0.717, 1.165) is 18.4 Å². The third-order valence-corrected chi connectivity index (χ3v) is 3.21. The first-order valence-corrected chi connectivity index (χ1v) is 8.77. The minimum Gasteiger partial charge on any atom is -0.331 e. The SMILES string of the molecule is C#C.CC(C)CN1CCC(C)CC1.CCCCC.CCN. The lowest BCUT2D eigenvalue weighted by Gasteiger charge is -2.31. The molecule has 2 heteroatoms. The lowest BCUT2D eigenvalue weighted by molar-refractivity contribution is 0.175. The molecule has 0 aromatic rings. The first-order valence-electron chi connectivity index (χ1n) is 8.77. The summed E-state index contributed by atoms with van der Waals surface area (Å²) in [5.74, 6) is 1.81. The van der Waals surface area contributed by atoms with Gasteiger partial charge in [0.1, 0.15) is 0 Å². The Morgan fingerprint density at radius 3 is 1.67 bits per heavy atom. The largest absolute Gasteiger partial charge is 0.331 e. The Morgan fingerprint density at radius 2 is 1.43 bits per heavy atom. The molecule has 0 aromatic heterocycles. The summed E-state index contributed by atoms with van der Waals surface area (Å²) >= 11 is 0. The fourth-order valence-corrected chi connectivity index (χ4v) is 2.11. The van der Waals surface area contributed by atoms with Crippen molar-refractivity contribution >= 4 is 0 Å². The molecule has 0 bridgehead atoms. The zero-order valence-electron chi connectivity index (χ0n) is 15.7. The molecule has 0 amide bonds. The van der Waals surface area contributed by atoms with Crippen molar-refractivity contribution in [2.45, 2.75) is 73.6 Å². The third-order valence-electron chi connectivity index (χ3n) is 3.21. The molecule has 1 fully saturated rings. The highest BCUT2D eigenvalue weighted by molar-refractivity contribution is 4.69. The molecule has 1 aliphatic rings. The highest BCUT2D eigenvalue weighted by Crippen LogP contribution is 2.16. The standard InChI is InChI=1S/C10H21N.C5H12.C2H7N.C2H2/c1-9(2)8-11-6-4-10(3)5-7-11;1-3-5-4-2;1-2-3;1-2/h9-10H,4-8H2,1-3H3;3-5H2,1-2H3;2-3H2,1H3;1-2H. The number of nitrogens with two attached hydrogens (primary N) is 1. The van der Waals surface area contributed by atoms with Gasteiger partial charge in [0.15, 0.2) is 0 Å². The van der Waals surface area contributed by atoms with Crippen molar-refractivity contribution in [3.05, 3.63) is 0 Å². The normalized spacial score (nSPS) is 15.0. The Bertz CT molecular complexity index is 177. The highest BCUT2D eigenvalue weighted by atomic mass is 15.1. The van der Waals surface area contributed by atoms with Crippen LogP contribution < -0.4 is 5.73 Å². The van der Waals surface area contributed by atoms with Gasteiger partial charge in [-0.2, -0.15) is 0 Å². The molecule has 2 N–H and O–H groups in total. The van der Waals surface area contributed by atoms with Crippen LogP contribution in [0.1, 0.15) is 73.6 Å². The molecule has 2 nitrogen and oxygen atoms in total. The first-order chi connectivity index (χ1) is 10.0. The van der Waals surface area contributed by atoms with Gasteiger partial charge in [0.25, 0.3) is 0 Å². The van der Waals surface area contributed by atoms with Gasteiger partial charge < -0.3 is 10.6 Å². The van der Waals surface area contributed by atoms with Crippen LogP contribution in [0.25, 0.3) is 0 Å². The van der Waals surface area contributed by atoms with Crippen molar-refractivity contribution in [2.75, 3.05) is 26.2 Å². The average molecular weight is 299 g/mol. The minimum absolute atomic E-state index is 0.750. The number of piperidine rings is 1. The maximum atomic E-state index is 4.85. The molecule has 0 radical (unpaired) electrons. The first kappa shape index (κ1) is 25.4. The number of hydrogen-bond donors (Lipinski definition) is 1. The number of terminal acetylenes is 1. The smallest absolute Gasteiger partial charge is 0.000439 e. The maximum Gasteiger partial charge on any atom is 0.000439 e. The molecule has 128 valence electrons. The number of unbranched alkanes of at least 4 members (excludes halogenated alkanes) is 2. The molecular formula is C19H42N2. The Morgan fingerprint density at radius 1 is 1.05 bits per heavy atom. The van der Waals surface area contributed by atoms with Gasteiger partial charge in [-0.05, 0) is 44.3 Å². The summed E-state index contributed by atoms with van der Waals surface area (Å²) in [4.78, 5) is 2.60. The van der Waals surface area contributed by atoms with Crippen LogP contribution in [-0.4, -0.2) is 31.1 Å². The zero-order valence-corrected chi connectivity index (χ0v) is 15.7. The van der Waals surface area contributed by atoms with Gasteiger partial charge in [0, 0.05) is 6.54 Å². The molecule has 21 heavy (non-hydrogen) atoms. The Kier molecular flexibility index (Phi) is 26.4. The summed E-state index contributed by atoms with van der Waals surface area (Å²) in [5.41, 5.74) is 4.85. The number of hydrogen-bond acceptors (Lipinski definition) is 2. The fraction of sp³-hybridized carbons (Fsp3) is 0.895. The van der Waals surface area contributed by atoms with Crippen LogP contribution in [-0.2, 0) is 0 Å². The highest BCUT2D eigenvalue weighted by Gasteiger charge is 2.15. The van der Waals surface area contributed by atoms with E-state index < -0.39 is 0 Å². The summed E-state index contributed by atoms with van der Waals surface area (Å²) < 4.78 is 0. The molecule has 0 aromatic carbocycles. The molecule has 1 rings (SSSR count). The molecule has 0 unspecified atom stereocenters. The second kappa shape index (κ2) is 21.8. The van der Waals surface area contributed by atoms with Gasteiger partial charge >= 0.3 is 0 Å². The molecule has 0 saturated carbocycles. The van der Waals surface area contributed by atoms with E-state index in [0.29, 0.717) is 0 Å². The summed E-state index contributed by atoms with van der Waals surface area (Å²) in [6, 6.07) is 0. The van der Waals surface area contributed by atoms with Gasteiger partial charge in [0.05, 0.1) is 0 Å². The van der Waals surface area contributed by atoms with Gasteiger partial charge in [-0.3, -0.25) is 0 Å². The Hall–Kier alpha value is -0.520. The second-order valence-electron chi connectivity index (χ2n) is 6.14. The van der Waals surface area contributed by atoms with Crippen LogP contribution in [0.2, 0.25) is 0 Å². The van der Waals surface area contributed by atoms with E-state index in [1.165, 1.54) is 51.7 Å². The molecule has 1 saturated heterocycles. The lowest BCUT2D eigenvalue weighted by atomic mass is 9.98. The summed E-state index contributed by atoms with van der Waals surface area (Å²) in [6.07, 6.45) is 14.9. The van der Waals surface area contributed by atoms with Crippen molar-refractivity contribution in [2.24, 2.45) is 17.6 Å².